The van der Waals surface area contributed by atoms with Gasteiger partial charge in [-0.1, -0.05) is 41.9 Å². The Kier molecular flexibility index (Phi) is 8.65. The molecule has 1 amide bonds. The van der Waals surface area contributed by atoms with Crippen molar-refractivity contribution in [3.63, 3.8) is 0 Å². The van der Waals surface area contributed by atoms with Gasteiger partial charge in [0.1, 0.15) is 0 Å². The summed E-state index contributed by atoms with van der Waals surface area (Å²) in [6.45, 7) is 6.55. The number of nitrogens with zero attached hydrogens (tertiary/aromatic N) is 1. The van der Waals surface area contributed by atoms with E-state index in [9.17, 15) is 4.79 Å². The normalized spacial score (nSPS) is 11.1. The SMILES string of the molecule is CCNC(=O)c1cccc(CN=C(NCC)NCCc2ccccc2Cl)c1. The van der Waals surface area contributed by atoms with E-state index in [1.54, 1.807) is 0 Å². The van der Waals surface area contributed by atoms with Crippen molar-refractivity contribution in [1.82, 2.24) is 16.0 Å². The standard InChI is InChI=1S/C21H27ClN4O/c1-3-23-20(27)18-10-7-8-16(14-18)15-26-21(24-4-2)25-13-12-17-9-5-6-11-19(17)22/h5-11,14H,3-4,12-13,15H2,1-2H3,(H,23,27)(H2,24,25,26). The van der Waals surface area contributed by atoms with Crippen LogP contribution in [0.25, 0.3) is 0 Å². The quantitative estimate of drug-likeness (QED) is 0.481. The third kappa shape index (κ3) is 6.94. The Morgan fingerprint density at radius 2 is 1.78 bits per heavy atom. The molecule has 0 atom stereocenters. The number of hydrogen-bond acceptors (Lipinski definition) is 2. The predicted molar refractivity (Wildman–Crippen MR) is 112 cm³/mol. The number of rotatable bonds is 8. The van der Waals surface area contributed by atoms with Gasteiger partial charge < -0.3 is 16.0 Å². The zero-order chi connectivity index (χ0) is 19.5. The molecule has 144 valence electrons. The van der Waals surface area contributed by atoms with Gasteiger partial charge in [0, 0.05) is 30.2 Å². The van der Waals surface area contributed by atoms with Crippen molar-refractivity contribution in [3.05, 3.63) is 70.2 Å². The summed E-state index contributed by atoms with van der Waals surface area (Å²) in [6.07, 6.45) is 0.816. The second-order valence-corrected chi connectivity index (χ2v) is 6.43. The summed E-state index contributed by atoms with van der Waals surface area (Å²) in [5, 5.41) is 10.2. The van der Waals surface area contributed by atoms with Gasteiger partial charge in [0.15, 0.2) is 5.96 Å². The molecule has 0 aliphatic heterocycles. The molecule has 0 aliphatic carbocycles. The second kappa shape index (κ2) is 11.2. The lowest BCUT2D eigenvalue weighted by molar-refractivity contribution is 0.0955. The summed E-state index contributed by atoms with van der Waals surface area (Å²) >= 11 is 6.20. The van der Waals surface area contributed by atoms with Crippen LogP contribution in [0.5, 0.6) is 0 Å². The predicted octanol–water partition coefficient (Wildman–Crippen LogP) is 3.39. The largest absolute Gasteiger partial charge is 0.357 e. The molecule has 0 aliphatic rings. The van der Waals surface area contributed by atoms with Gasteiger partial charge in [-0.15, -0.1) is 0 Å². The van der Waals surface area contributed by atoms with Crippen LogP contribution in [0.15, 0.2) is 53.5 Å². The molecule has 0 bridgehead atoms. The Morgan fingerprint density at radius 3 is 2.52 bits per heavy atom. The maximum atomic E-state index is 12.0. The van der Waals surface area contributed by atoms with E-state index < -0.39 is 0 Å². The Balaban J connectivity index is 1.95. The molecule has 2 aromatic carbocycles. The number of amides is 1. The van der Waals surface area contributed by atoms with Crippen LogP contribution in [0.2, 0.25) is 5.02 Å². The maximum absolute atomic E-state index is 12.0. The first-order valence-corrected chi connectivity index (χ1v) is 9.64. The van der Waals surface area contributed by atoms with E-state index >= 15 is 0 Å². The molecular weight excluding hydrogens is 360 g/mol. The van der Waals surface area contributed by atoms with Gasteiger partial charge in [-0.3, -0.25) is 4.79 Å². The molecule has 6 heteroatoms. The molecule has 0 fully saturated rings. The molecular formula is C21H27ClN4O. The number of hydrogen-bond donors (Lipinski definition) is 3. The lowest BCUT2D eigenvalue weighted by Gasteiger charge is -2.12. The first-order valence-electron chi connectivity index (χ1n) is 9.26. The highest BCUT2D eigenvalue weighted by Crippen LogP contribution is 2.14. The van der Waals surface area contributed by atoms with Crippen molar-refractivity contribution in [3.8, 4) is 0 Å². The third-order valence-electron chi connectivity index (χ3n) is 3.94. The summed E-state index contributed by atoms with van der Waals surface area (Å²) in [5.41, 5.74) is 2.75. The molecule has 0 radical (unpaired) electrons. The topological polar surface area (TPSA) is 65.5 Å². The van der Waals surface area contributed by atoms with Crippen molar-refractivity contribution in [2.45, 2.75) is 26.8 Å². The van der Waals surface area contributed by atoms with Crippen LogP contribution in [-0.4, -0.2) is 31.5 Å². The van der Waals surface area contributed by atoms with Gasteiger partial charge in [-0.25, -0.2) is 4.99 Å². The number of carbonyl (C=O) groups is 1. The van der Waals surface area contributed by atoms with E-state index in [0.717, 1.165) is 41.6 Å². The van der Waals surface area contributed by atoms with Crippen molar-refractivity contribution < 1.29 is 4.79 Å². The molecule has 0 unspecified atom stereocenters. The van der Waals surface area contributed by atoms with E-state index in [4.69, 9.17) is 11.6 Å². The minimum atomic E-state index is -0.0619. The van der Waals surface area contributed by atoms with Crippen LogP contribution in [0.1, 0.15) is 35.3 Å². The van der Waals surface area contributed by atoms with E-state index in [0.29, 0.717) is 18.7 Å². The number of nitrogens with one attached hydrogen (secondary N) is 3. The van der Waals surface area contributed by atoms with E-state index in [1.807, 2.05) is 62.4 Å². The van der Waals surface area contributed by atoms with Gasteiger partial charge in [-0.05, 0) is 49.6 Å². The zero-order valence-electron chi connectivity index (χ0n) is 15.9. The monoisotopic (exact) mass is 386 g/mol. The number of carbonyl (C=O) groups excluding carboxylic acids is 1. The fourth-order valence-electron chi connectivity index (χ4n) is 2.60. The molecule has 2 aromatic rings. The van der Waals surface area contributed by atoms with Crippen molar-refractivity contribution >= 4 is 23.5 Å². The van der Waals surface area contributed by atoms with Gasteiger partial charge in [-0.2, -0.15) is 0 Å². The molecule has 5 nitrogen and oxygen atoms in total. The smallest absolute Gasteiger partial charge is 0.251 e. The average molecular weight is 387 g/mol. The van der Waals surface area contributed by atoms with Crippen LogP contribution in [0, 0.1) is 0 Å². The molecule has 3 N–H and O–H groups in total. The molecule has 0 saturated carbocycles. The van der Waals surface area contributed by atoms with Gasteiger partial charge in [0.05, 0.1) is 6.54 Å². The highest BCUT2D eigenvalue weighted by atomic mass is 35.5. The summed E-state index contributed by atoms with van der Waals surface area (Å²) in [5.74, 6) is 0.682. The Labute approximate surface area is 166 Å². The number of guanidine groups is 1. The fourth-order valence-corrected chi connectivity index (χ4v) is 2.83. The molecule has 0 heterocycles. The number of benzene rings is 2. The summed E-state index contributed by atoms with van der Waals surface area (Å²) in [7, 11) is 0. The Hall–Kier alpha value is -2.53. The van der Waals surface area contributed by atoms with E-state index in [-0.39, 0.29) is 5.91 Å². The van der Waals surface area contributed by atoms with Gasteiger partial charge in [0.25, 0.3) is 5.91 Å². The fraction of sp³-hybridized carbons (Fsp3) is 0.333. The van der Waals surface area contributed by atoms with Crippen molar-refractivity contribution in [2.24, 2.45) is 4.99 Å². The molecule has 0 saturated heterocycles. The summed E-state index contributed by atoms with van der Waals surface area (Å²) in [4.78, 5) is 16.6. The van der Waals surface area contributed by atoms with Gasteiger partial charge in [0.2, 0.25) is 0 Å². The van der Waals surface area contributed by atoms with Crippen LogP contribution in [-0.2, 0) is 13.0 Å². The lowest BCUT2D eigenvalue weighted by Crippen LogP contribution is -2.38. The summed E-state index contributed by atoms with van der Waals surface area (Å²) in [6, 6.07) is 15.4. The van der Waals surface area contributed by atoms with Crippen molar-refractivity contribution in [2.75, 3.05) is 19.6 Å². The minimum Gasteiger partial charge on any atom is -0.357 e. The van der Waals surface area contributed by atoms with Crippen LogP contribution < -0.4 is 16.0 Å². The Bertz CT molecular complexity index is 776. The number of halogens is 1. The second-order valence-electron chi connectivity index (χ2n) is 6.02. The van der Waals surface area contributed by atoms with E-state index in [1.165, 1.54) is 0 Å². The third-order valence-corrected chi connectivity index (χ3v) is 4.30. The first-order chi connectivity index (χ1) is 13.1. The van der Waals surface area contributed by atoms with Gasteiger partial charge >= 0.3 is 0 Å². The Morgan fingerprint density at radius 1 is 1.00 bits per heavy atom. The zero-order valence-corrected chi connectivity index (χ0v) is 16.6. The first kappa shape index (κ1) is 20.8. The maximum Gasteiger partial charge on any atom is 0.251 e. The average Bonchev–Trinajstić information content (AvgIpc) is 2.68. The van der Waals surface area contributed by atoms with Crippen LogP contribution in [0.4, 0.5) is 0 Å². The molecule has 2 rings (SSSR count). The lowest BCUT2D eigenvalue weighted by atomic mass is 10.1. The number of aliphatic imine (C=N–C) groups is 1. The van der Waals surface area contributed by atoms with E-state index in [2.05, 4.69) is 20.9 Å². The minimum absolute atomic E-state index is 0.0619. The highest BCUT2D eigenvalue weighted by molar-refractivity contribution is 6.31. The van der Waals surface area contributed by atoms with Crippen molar-refractivity contribution in [1.29, 1.82) is 0 Å². The van der Waals surface area contributed by atoms with Crippen LogP contribution >= 0.6 is 11.6 Å². The summed E-state index contributed by atoms with van der Waals surface area (Å²) < 4.78 is 0. The molecule has 0 spiro atoms. The molecule has 27 heavy (non-hydrogen) atoms. The molecule has 0 aromatic heterocycles. The van der Waals surface area contributed by atoms with Crippen LogP contribution in [0.3, 0.4) is 0 Å². The highest BCUT2D eigenvalue weighted by Gasteiger charge is 2.05.